The molecule has 1 aromatic heterocycles. The van der Waals surface area contributed by atoms with Crippen molar-refractivity contribution in [1.29, 1.82) is 0 Å². The number of hydrogen-bond donors (Lipinski definition) is 0. The number of aromatic nitrogens is 1. The summed E-state index contributed by atoms with van der Waals surface area (Å²) < 4.78 is 6.26. The summed E-state index contributed by atoms with van der Waals surface area (Å²) in [5.41, 5.74) is 5.51. The van der Waals surface area contributed by atoms with E-state index in [1.807, 2.05) is 36.7 Å². The molecule has 3 heteroatoms. The van der Waals surface area contributed by atoms with Crippen molar-refractivity contribution in [3.8, 4) is 22.6 Å². The van der Waals surface area contributed by atoms with Crippen LogP contribution < -0.4 is 9.64 Å². The second kappa shape index (κ2) is 6.75. The highest BCUT2D eigenvalue weighted by Gasteiger charge is 2.26. The predicted octanol–water partition coefficient (Wildman–Crippen LogP) is 7.48. The highest BCUT2D eigenvalue weighted by Crippen LogP contribution is 2.51. The molecule has 30 heavy (non-hydrogen) atoms. The number of fused-ring (bicyclic) bond motifs is 3. The zero-order chi connectivity index (χ0) is 19.9. The Balaban J connectivity index is 1.58. The van der Waals surface area contributed by atoms with E-state index in [9.17, 15) is 0 Å². The van der Waals surface area contributed by atoms with Gasteiger partial charge < -0.3 is 9.64 Å². The SMILES string of the molecule is c1ccc(N2c3ccccc3Oc3ccc(-c4cccc5cnccc45)cc32)cc1. The van der Waals surface area contributed by atoms with Crippen LogP contribution in [-0.4, -0.2) is 4.98 Å². The molecule has 0 saturated heterocycles. The summed E-state index contributed by atoms with van der Waals surface area (Å²) in [6.07, 6.45) is 3.76. The van der Waals surface area contributed by atoms with Gasteiger partial charge in [0.2, 0.25) is 0 Å². The Labute approximate surface area is 174 Å². The summed E-state index contributed by atoms with van der Waals surface area (Å²) in [5.74, 6) is 1.71. The van der Waals surface area contributed by atoms with E-state index in [4.69, 9.17) is 4.74 Å². The molecule has 0 atom stereocenters. The highest BCUT2D eigenvalue weighted by molar-refractivity contribution is 5.98. The van der Waals surface area contributed by atoms with E-state index in [0.717, 1.165) is 39.5 Å². The summed E-state index contributed by atoms with van der Waals surface area (Å²) in [6.45, 7) is 0. The van der Waals surface area contributed by atoms with Crippen molar-refractivity contribution < 1.29 is 4.74 Å². The fourth-order valence-electron chi connectivity index (χ4n) is 4.15. The first kappa shape index (κ1) is 16.8. The van der Waals surface area contributed by atoms with Gasteiger partial charge in [0.1, 0.15) is 0 Å². The molecule has 0 fully saturated rings. The maximum atomic E-state index is 6.26. The lowest BCUT2D eigenvalue weighted by Gasteiger charge is -2.33. The zero-order valence-electron chi connectivity index (χ0n) is 16.2. The number of rotatable bonds is 2. The molecule has 2 heterocycles. The first-order valence-electron chi connectivity index (χ1n) is 9.98. The lowest BCUT2D eigenvalue weighted by molar-refractivity contribution is 0.477. The molecule has 0 amide bonds. The molecule has 0 N–H and O–H groups in total. The predicted molar refractivity (Wildman–Crippen MR) is 122 cm³/mol. The van der Waals surface area contributed by atoms with E-state index in [1.165, 1.54) is 10.9 Å². The van der Waals surface area contributed by atoms with E-state index >= 15 is 0 Å². The summed E-state index contributed by atoms with van der Waals surface area (Å²) >= 11 is 0. The van der Waals surface area contributed by atoms with Crippen molar-refractivity contribution in [2.24, 2.45) is 0 Å². The topological polar surface area (TPSA) is 25.4 Å². The van der Waals surface area contributed by atoms with Gasteiger partial charge in [-0.05, 0) is 59.0 Å². The van der Waals surface area contributed by atoms with Gasteiger partial charge in [0.25, 0.3) is 0 Å². The molecule has 0 radical (unpaired) electrons. The van der Waals surface area contributed by atoms with Crippen molar-refractivity contribution >= 4 is 27.8 Å². The zero-order valence-corrected chi connectivity index (χ0v) is 16.2. The number of ether oxygens (including phenoxy) is 1. The third-order valence-corrected chi connectivity index (χ3v) is 5.53. The number of hydrogen-bond acceptors (Lipinski definition) is 3. The van der Waals surface area contributed by atoms with Gasteiger partial charge in [0.15, 0.2) is 11.5 Å². The molecular formula is C27H18N2O. The van der Waals surface area contributed by atoms with Gasteiger partial charge in [0, 0.05) is 23.5 Å². The first-order valence-corrected chi connectivity index (χ1v) is 9.98. The smallest absolute Gasteiger partial charge is 0.151 e. The Hall–Kier alpha value is -4.11. The van der Waals surface area contributed by atoms with Gasteiger partial charge >= 0.3 is 0 Å². The van der Waals surface area contributed by atoms with Crippen molar-refractivity contribution in [1.82, 2.24) is 4.98 Å². The van der Waals surface area contributed by atoms with Gasteiger partial charge in [0.05, 0.1) is 11.4 Å². The Kier molecular flexibility index (Phi) is 3.78. The Bertz CT molecular complexity index is 1370. The summed E-state index contributed by atoms with van der Waals surface area (Å²) in [4.78, 5) is 6.53. The van der Waals surface area contributed by atoms with Crippen molar-refractivity contribution in [3.63, 3.8) is 0 Å². The highest BCUT2D eigenvalue weighted by atomic mass is 16.5. The van der Waals surface area contributed by atoms with Gasteiger partial charge in [-0.15, -0.1) is 0 Å². The van der Waals surface area contributed by atoms with Gasteiger partial charge in [-0.25, -0.2) is 0 Å². The van der Waals surface area contributed by atoms with E-state index in [-0.39, 0.29) is 0 Å². The molecule has 0 unspecified atom stereocenters. The van der Waals surface area contributed by atoms with Gasteiger partial charge in [-0.1, -0.05) is 54.6 Å². The number of para-hydroxylation sites is 3. The number of pyridine rings is 1. The van der Waals surface area contributed by atoms with Crippen molar-refractivity contribution in [3.05, 3.63) is 109 Å². The second-order valence-electron chi connectivity index (χ2n) is 7.33. The third kappa shape index (κ3) is 2.64. The molecule has 0 spiro atoms. The van der Waals surface area contributed by atoms with Crippen LogP contribution in [0.4, 0.5) is 17.1 Å². The van der Waals surface area contributed by atoms with Crippen LogP contribution in [0.25, 0.3) is 21.9 Å². The molecule has 0 saturated carbocycles. The van der Waals surface area contributed by atoms with Crippen LogP contribution in [0.1, 0.15) is 0 Å². The Morgan fingerprint density at radius 3 is 2.43 bits per heavy atom. The van der Waals surface area contributed by atoms with Crippen LogP contribution in [0.2, 0.25) is 0 Å². The molecule has 3 nitrogen and oxygen atoms in total. The number of nitrogens with zero attached hydrogens (tertiary/aromatic N) is 2. The second-order valence-corrected chi connectivity index (χ2v) is 7.33. The fourth-order valence-corrected chi connectivity index (χ4v) is 4.15. The fraction of sp³-hybridized carbons (Fsp3) is 0. The standard InChI is InChI=1S/C27H18N2O/c1-2-8-21(9-3-1)29-24-11-4-5-12-26(24)30-27-14-13-19(17-25(27)29)22-10-6-7-20-18-28-16-15-23(20)22/h1-18H. The quantitative estimate of drug-likeness (QED) is 0.308. The molecular weight excluding hydrogens is 368 g/mol. The lowest BCUT2D eigenvalue weighted by Crippen LogP contribution is -2.15. The van der Waals surface area contributed by atoms with Crippen molar-refractivity contribution in [2.75, 3.05) is 4.90 Å². The lowest BCUT2D eigenvalue weighted by atomic mass is 9.98. The molecule has 142 valence electrons. The number of benzene rings is 4. The molecule has 1 aliphatic heterocycles. The van der Waals surface area contributed by atoms with Crippen LogP contribution in [0.15, 0.2) is 109 Å². The van der Waals surface area contributed by atoms with E-state index < -0.39 is 0 Å². The molecule has 0 aliphatic carbocycles. The molecule has 1 aliphatic rings. The first-order chi connectivity index (χ1) is 14.9. The average molecular weight is 386 g/mol. The van der Waals surface area contributed by atoms with Crippen LogP contribution in [0, 0.1) is 0 Å². The summed E-state index contributed by atoms with van der Waals surface area (Å²) in [6, 6.07) is 33.4. The summed E-state index contributed by atoms with van der Waals surface area (Å²) in [5, 5.41) is 2.32. The van der Waals surface area contributed by atoms with E-state index in [1.54, 1.807) is 0 Å². The number of anilines is 3. The third-order valence-electron chi connectivity index (χ3n) is 5.53. The van der Waals surface area contributed by atoms with E-state index in [0.29, 0.717) is 0 Å². The van der Waals surface area contributed by atoms with Crippen LogP contribution in [-0.2, 0) is 0 Å². The van der Waals surface area contributed by atoms with Crippen LogP contribution in [0.5, 0.6) is 11.5 Å². The summed E-state index contributed by atoms with van der Waals surface area (Å²) in [7, 11) is 0. The van der Waals surface area contributed by atoms with Gasteiger partial charge in [-0.2, -0.15) is 0 Å². The Morgan fingerprint density at radius 1 is 0.667 bits per heavy atom. The maximum Gasteiger partial charge on any atom is 0.151 e. The average Bonchev–Trinajstić information content (AvgIpc) is 2.82. The van der Waals surface area contributed by atoms with E-state index in [2.05, 4.69) is 82.7 Å². The minimum atomic E-state index is 0.850. The molecule has 4 aromatic carbocycles. The monoisotopic (exact) mass is 386 g/mol. The largest absolute Gasteiger partial charge is 0.453 e. The molecule has 6 rings (SSSR count). The van der Waals surface area contributed by atoms with Crippen LogP contribution in [0.3, 0.4) is 0 Å². The molecule has 0 bridgehead atoms. The maximum absolute atomic E-state index is 6.26. The van der Waals surface area contributed by atoms with Crippen LogP contribution >= 0.6 is 0 Å². The normalized spacial score (nSPS) is 12.2. The van der Waals surface area contributed by atoms with Crippen molar-refractivity contribution in [2.45, 2.75) is 0 Å². The van der Waals surface area contributed by atoms with Gasteiger partial charge in [-0.3, -0.25) is 4.98 Å². The molecule has 5 aromatic rings. The minimum absolute atomic E-state index is 0.850. The Morgan fingerprint density at radius 2 is 1.50 bits per heavy atom. The minimum Gasteiger partial charge on any atom is -0.453 e.